The van der Waals surface area contributed by atoms with Crippen molar-refractivity contribution >= 4 is 0 Å². The molecule has 2 saturated carbocycles. The van der Waals surface area contributed by atoms with Gasteiger partial charge in [-0.25, -0.2) is 8.78 Å². The van der Waals surface area contributed by atoms with Gasteiger partial charge in [0.1, 0.15) is 0 Å². The van der Waals surface area contributed by atoms with E-state index in [4.69, 9.17) is 0 Å². The van der Waals surface area contributed by atoms with Crippen LogP contribution in [0.5, 0.6) is 0 Å². The Morgan fingerprint density at radius 1 is 0.958 bits per heavy atom. The lowest BCUT2D eigenvalue weighted by Crippen LogP contribution is -2.41. The van der Waals surface area contributed by atoms with Crippen LogP contribution in [0.3, 0.4) is 0 Å². The summed E-state index contributed by atoms with van der Waals surface area (Å²) >= 11 is 0. The van der Waals surface area contributed by atoms with E-state index in [0.717, 1.165) is 51.4 Å². The molecule has 1 aromatic carbocycles. The summed E-state index contributed by atoms with van der Waals surface area (Å²) in [4.78, 5) is 0. The van der Waals surface area contributed by atoms with Crippen LogP contribution in [0.25, 0.3) is 0 Å². The van der Waals surface area contributed by atoms with Crippen molar-refractivity contribution in [2.75, 3.05) is 0 Å². The highest BCUT2D eigenvalue weighted by Crippen LogP contribution is 2.50. The number of rotatable bonds is 4. The second kappa shape index (κ2) is 7.54. The second-order valence-electron chi connectivity index (χ2n) is 8.33. The molecule has 3 rings (SSSR count). The summed E-state index contributed by atoms with van der Waals surface area (Å²) in [6.45, 7) is 4.22. The molecule has 0 radical (unpaired) electrons. The molecule has 2 atom stereocenters. The Kier molecular flexibility index (Phi) is 5.62. The van der Waals surface area contributed by atoms with E-state index in [-0.39, 0.29) is 24.2 Å². The number of halogens is 2. The largest absolute Gasteiger partial charge is 0.251 e. The van der Waals surface area contributed by atoms with Crippen molar-refractivity contribution in [1.29, 1.82) is 0 Å². The van der Waals surface area contributed by atoms with E-state index in [0.29, 0.717) is 5.92 Å². The highest BCUT2D eigenvalue weighted by atomic mass is 19.3. The van der Waals surface area contributed by atoms with Gasteiger partial charge < -0.3 is 0 Å². The summed E-state index contributed by atoms with van der Waals surface area (Å²) in [7, 11) is 0. The van der Waals surface area contributed by atoms with Crippen molar-refractivity contribution in [2.24, 2.45) is 17.8 Å². The van der Waals surface area contributed by atoms with E-state index in [9.17, 15) is 8.78 Å². The number of hydrogen-bond acceptors (Lipinski definition) is 0. The summed E-state index contributed by atoms with van der Waals surface area (Å²) in [5.41, 5.74) is 2.69. The molecule has 0 aliphatic heterocycles. The molecule has 1 aromatic rings. The highest BCUT2D eigenvalue weighted by Gasteiger charge is 2.48. The van der Waals surface area contributed by atoms with E-state index < -0.39 is 5.92 Å². The lowest BCUT2D eigenvalue weighted by Gasteiger charge is -2.42. The summed E-state index contributed by atoms with van der Waals surface area (Å²) < 4.78 is 29.4. The van der Waals surface area contributed by atoms with Crippen LogP contribution >= 0.6 is 0 Å². The fourth-order valence-corrected chi connectivity index (χ4v) is 5.19. The fourth-order valence-electron chi connectivity index (χ4n) is 5.19. The van der Waals surface area contributed by atoms with Gasteiger partial charge in [0.25, 0.3) is 5.92 Å². The number of hydrogen-bond donors (Lipinski definition) is 0. The first-order valence-corrected chi connectivity index (χ1v) is 9.94. The van der Waals surface area contributed by atoms with Crippen LogP contribution in [-0.4, -0.2) is 5.92 Å². The van der Waals surface area contributed by atoms with Gasteiger partial charge in [-0.1, -0.05) is 49.6 Å². The molecule has 24 heavy (non-hydrogen) atoms. The first-order valence-electron chi connectivity index (χ1n) is 9.94. The van der Waals surface area contributed by atoms with E-state index >= 15 is 0 Å². The summed E-state index contributed by atoms with van der Waals surface area (Å²) in [6, 6.07) is 8.80. The molecule has 2 unspecified atom stereocenters. The van der Waals surface area contributed by atoms with E-state index in [1.54, 1.807) is 0 Å². The fraction of sp³-hybridized carbons (Fsp3) is 0.727. The Balaban J connectivity index is 1.57. The minimum Gasteiger partial charge on any atom is -0.207 e. The van der Waals surface area contributed by atoms with Gasteiger partial charge in [0.15, 0.2) is 0 Å². The highest BCUT2D eigenvalue weighted by molar-refractivity contribution is 5.24. The van der Waals surface area contributed by atoms with Gasteiger partial charge in [-0.05, 0) is 68.8 Å². The molecule has 0 N–H and O–H groups in total. The van der Waals surface area contributed by atoms with Crippen molar-refractivity contribution in [2.45, 2.75) is 83.5 Å². The maximum absolute atomic E-state index is 14.7. The van der Waals surface area contributed by atoms with Gasteiger partial charge in [-0.15, -0.1) is 0 Å². The van der Waals surface area contributed by atoms with Crippen LogP contribution in [-0.2, 0) is 0 Å². The first kappa shape index (κ1) is 17.9. The standard InChI is InChI=1S/C22H32F2/c1-3-4-17-7-14-21(22(23,24)15-17)20-12-10-19(11-13-20)18-8-5-16(2)6-9-18/h5-6,8-9,17,19-21H,3-4,7,10-15H2,1-2H3. The van der Waals surface area contributed by atoms with Crippen molar-refractivity contribution < 1.29 is 8.78 Å². The van der Waals surface area contributed by atoms with Crippen LogP contribution < -0.4 is 0 Å². The Morgan fingerprint density at radius 3 is 2.21 bits per heavy atom. The van der Waals surface area contributed by atoms with Crippen LogP contribution in [0, 0.1) is 24.7 Å². The number of alkyl halides is 2. The van der Waals surface area contributed by atoms with Gasteiger partial charge in [-0.3, -0.25) is 0 Å². The molecule has 2 aliphatic rings. The SMILES string of the molecule is CCCC1CCC(C2CCC(c3ccc(C)cc3)CC2)C(F)(F)C1. The summed E-state index contributed by atoms with van der Waals surface area (Å²) in [5, 5.41) is 0. The van der Waals surface area contributed by atoms with Crippen molar-refractivity contribution in [1.82, 2.24) is 0 Å². The smallest absolute Gasteiger partial charge is 0.207 e. The minimum absolute atomic E-state index is 0.142. The zero-order valence-electron chi connectivity index (χ0n) is 15.2. The zero-order chi connectivity index (χ0) is 17.2. The number of benzene rings is 1. The minimum atomic E-state index is -2.43. The average Bonchev–Trinajstić information content (AvgIpc) is 2.55. The Morgan fingerprint density at radius 2 is 1.62 bits per heavy atom. The van der Waals surface area contributed by atoms with E-state index in [1.165, 1.54) is 11.1 Å². The predicted molar refractivity (Wildman–Crippen MR) is 96.6 cm³/mol. The lowest BCUT2D eigenvalue weighted by molar-refractivity contribution is -0.127. The normalized spacial score (nSPS) is 33.3. The molecule has 0 aromatic heterocycles. The van der Waals surface area contributed by atoms with Gasteiger partial charge in [-0.2, -0.15) is 0 Å². The molecule has 0 amide bonds. The van der Waals surface area contributed by atoms with Crippen molar-refractivity contribution in [3.05, 3.63) is 35.4 Å². The molecule has 2 fully saturated rings. The molecule has 0 saturated heterocycles. The monoisotopic (exact) mass is 334 g/mol. The Labute approximate surface area is 146 Å². The maximum Gasteiger partial charge on any atom is 0.251 e. The second-order valence-corrected chi connectivity index (χ2v) is 8.33. The first-order chi connectivity index (χ1) is 11.5. The van der Waals surface area contributed by atoms with Crippen LogP contribution in [0.1, 0.15) is 81.8 Å². The molecule has 2 heteroatoms. The third-order valence-corrected chi connectivity index (χ3v) is 6.58. The van der Waals surface area contributed by atoms with Crippen LogP contribution in [0.15, 0.2) is 24.3 Å². The average molecular weight is 334 g/mol. The third-order valence-electron chi connectivity index (χ3n) is 6.58. The Hall–Kier alpha value is -0.920. The van der Waals surface area contributed by atoms with Gasteiger partial charge in [0.2, 0.25) is 0 Å². The number of aryl methyl sites for hydroxylation is 1. The maximum atomic E-state index is 14.7. The summed E-state index contributed by atoms with van der Waals surface area (Å²) in [6.07, 6.45) is 8.05. The molecule has 2 aliphatic carbocycles. The molecular weight excluding hydrogens is 302 g/mol. The molecule has 134 valence electrons. The topological polar surface area (TPSA) is 0 Å². The molecule has 0 bridgehead atoms. The van der Waals surface area contributed by atoms with Crippen molar-refractivity contribution in [3.63, 3.8) is 0 Å². The Bertz CT molecular complexity index is 511. The zero-order valence-corrected chi connectivity index (χ0v) is 15.2. The van der Waals surface area contributed by atoms with Crippen molar-refractivity contribution in [3.8, 4) is 0 Å². The van der Waals surface area contributed by atoms with Gasteiger partial charge in [0.05, 0.1) is 0 Å². The van der Waals surface area contributed by atoms with Crippen LogP contribution in [0.4, 0.5) is 8.78 Å². The van der Waals surface area contributed by atoms with E-state index in [1.807, 2.05) is 0 Å². The molecule has 0 spiro atoms. The third kappa shape index (κ3) is 4.00. The molecular formula is C22H32F2. The van der Waals surface area contributed by atoms with E-state index in [2.05, 4.69) is 38.1 Å². The molecule has 0 nitrogen and oxygen atoms in total. The lowest BCUT2D eigenvalue weighted by atomic mass is 9.66. The summed E-state index contributed by atoms with van der Waals surface area (Å²) in [5.74, 6) is -1.72. The quantitative estimate of drug-likeness (QED) is 0.550. The van der Waals surface area contributed by atoms with Gasteiger partial charge in [0, 0.05) is 12.3 Å². The van der Waals surface area contributed by atoms with Gasteiger partial charge >= 0.3 is 0 Å². The predicted octanol–water partition coefficient (Wildman–Crippen LogP) is 7.12. The molecule has 0 heterocycles. The van der Waals surface area contributed by atoms with Crippen LogP contribution in [0.2, 0.25) is 0 Å².